The third-order valence-corrected chi connectivity index (χ3v) is 2.98. The van der Waals surface area contributed by atoms with Gasteiger partial charge in [0.2, 0.25) is 0 Å². The van der Waals surface area contributed by atoms with Gasteiger partial charge >= 0.3 is 0 Å². The molecule has 0 aliphatic heterocycles. The van der Waals surface area contributed by atoms with Crippen LogP contribution in [-0.4, -0.2) is 7.11 Å². The third kappa shape index (κ3) is 3.19. The predicted octanol–water partition coefficient (Wildman–Crippen LogP) is 3.94. The van der Waals surface area contributed by atoms with Crippen LogP contribution < -0.4 is 9.47 Å². The first-order valence-electron chi connectivity index (χ1n) is 5.79. The second-order valence-electron chi connectivity index (χ2n) is 4.01. The highest BCUT2D eigenvalue weighted by atomic mass is 35.5. The van der Waals surface area contributed by atoms with Crippen LogP contribution in [0.15, 0.2) is 36.4 Å². The highest BCUT2D eigenvalue weighted by Gasteiger charge is 2.07. The van der Waals surface area contributed by atoms with Gasteiger partial charge < -0.3 is 9.47 Å². The molecule has 0 aliphatic carbocycles. The smallest absolute Gasteiger partial charge is 0.162 e. The highest BCUT2D eigenvalue weighted by molar-refractivity contribution is 6.30. The molecule has 0 saturated carbocycles. The van der Waals surface area contributed by atoms with E-state index in [1.54, 1.807) is 24.3 Å². The molecule has 0 N–H and O–H groups in total. The minimum absolute atomic E-state index is 0.0738. The van der Waals surface area contributed by atoms with Gasteiger partial charge in [0.25, 0.3) is 0 Å². The van der Waals surface area contributed by atoms with Crippen molar-refractivity contribution in [3.8, 4) is 17.6 Å². The zero-order valence-electron chi connectivity index (χ0n) is 10.7. The molecule has 2 rings (SSSR count). The zero-order chi connectivity index (χ0) is 14.5. The molecule has 0 radical (unpaired) electrons. The van der Waals surface area contributed by atoms with Gasteiger partial charge in [-0.3, -0.25) is 0 Å². The maximum absolute atomic E-state index is 13.3. The average Bonchev–Trinajstić information content (AvgIpc) is 2.48. The van der Waals surface area contributed by atoms with Crippen molar-refractivity contribution in [2.45, 2.75) is 6.61 Å². The number of nitriles is 1. The standard InChI is InChI=1S/C15H11ClFNO2/c1-19-15-7-10(8-18)3-5-14(15)20-9-11-2-4-12(16)13(17)6-11/h2-7H,9H2,1H3. The Kier molecular flexibility index (Phi) is 4.44. The van der Waals surface area contributed by atoms with Crippen molar-refractivity contribution in [3.63, 3.8) is 0 Å². The first kappa shape index (κ1) is 14.2. The minimum atomic E-state index is -0.487. The molecule has 0 atom stereocenters. The van der Waals surface area contributed by atoms with E-state index in [4.69, 9.17) is 26.3 Å². The van der Waals surface area contributed by atoms with Crippen LogP contribution >= 0.6 is 11.6 Å². The normalized spacial score (nSPS) is 9.90. The van der Waals surface area contributed by atoms with Crippen LogP contribution in [0.3, 0.4) is 0 Å². The Bertz CT molecular complexity index is 667. The zero-order valence-corrected chi connectivity index (χ0v) is 11.4. The molecule has 3 nitrogen and oxygen atoms in total. The van der Waals surface area contributed by atoms with E-state index in [0.29, 0.717) is 22.6 Å². The van der Waals surface area contributed by atoms with Crippen LogP contribution in [0.5, 0.6) is 11.5 Å². The van der Waals surface area contributed by atoms with E-state index in [2.05, 4.69) is 0 Å². The fourth-order valence-electron chi connectivity index (χ4n) is 1.65. The molecule has 0 fully saturated rings. The number of methoxy groups -OCH3 is 1. The number of hydrogen-bond acceptors (Lipinski definition) is 3. The van der Waals surface area contributed by atoms with E-state index in [9.17, 15) is 4.39 Å². The van der Waals surface area contributed by atoms with Crippen LogP contribution in [0, 0.1) is 17.1 Å². The van der Waals surface area contributed by atoms with E-state index in [1.807, 2.05) is 6.07 Å². The summed E-state index contributed by atoms with van der Waals surface area (Å²) in [4.78, 5) is 0. The second kappa shape index (κ2) is 6.27. The number of ether oxygens (including phenoxy) is 2. The molecular formula is C15H11ClFNO2. The Morgan fingerprint density at radius 1 is 1.20 bits per heavy atom. The van der Waals surface area contributed by atoms with Gasteiger partial charge in [-0.25, -0.2) is 4.39 Å². The summed E-state index contributed by atoms with van der Waals surface area (Å²) in [5.41, 5.74) is 1.13. The summed E-state index contributed by atoms with van der Waals surface area (Å²) in [6, 6.07) is 11.3. The summed E-state index contributed by atoms with van der Waals surface area (Å²) in [5, 5.41) is 8.89. The number of halogens is 2. The molecule has 20 heavy (non-hydrogen) atoms. The summed E-state index contributed by atoms with van der Waals surface area (Å²) < 4.78 is 24.0. The van der Waals surface area contributed by atoms with Crippen molar-refractivity contribution in [1.82, 2.24) is 0 Å². The maximum Gasteiger partial charge on any atom is 0.162 e. The molecule has 0 spiro atoms. The lowest BCUT2D eigenvalue weighted by atomic mass is 10.2. The first-order valence-corrected chi connectivity index (χ1v) is 6.16. The van der Waals surface area contributed by atoms with E-state index < -0.39 is 5.82 Å². The Balaban J connectivity index is 2.14. The monoisotopic (exact) mass is 291 g/mol. The number of rotatable bonds is 4. The second-order valence-corrected chi connectivity index (χ2v) is 4.42. The SMILES string of the molecule is COc1cc(C#N)ccc1OCc1ccc(Cl)c(F)c1. The largest absolute Gasteiger partial charge is 0.493 e. The van der Waals surface area contributed by atoms with Crippen molar-refractivity contribution < 1.29 is 13.9 Å². The van der Waals surface area contributed by atoms with Crippen LogP contribution in [-0.2, 0) is 6.61 Å². The van der Waals surface area contributed by atoms with Crippen molar-refractivity contribution in [3.05, 3.63) is 58.4 Å². The molecular weight excluding hydrogens is 281 g/mol. The van der Waals surface area contributed by atoms with Gasteiger partial charge in [0, 0.05) is 6.07 Å². The van der Waals surface area contributed by atoms with Gasteiger partial charge in [0.05, 0.1) is 23.8 Å². The summed E-state index contributed by atoms with van der Waals surface area (Å²) >= 11 is 5.61. The molecule has 0 saturated heterocycles. The predicted molar refractivity (Wildman–Crippen MR) is 73.5 cm³/mol. The molecule has 2 aromatic carbocycles. The average molecular weight is 292 g/mol. The lowest BCUT2D eigenvalue weighted by Gasteiger charge is -2.11. The summed E-state index contributed by atoms with van der Waals surface area (Å²) in [6.07, 6.45) is 0. The van der Waals surface area contributed by atoms with Crippen LogP contribution in [0.4, 0.5) is 4.39 Å². The quantitative estimate of drug-likeness (QED) is 0.857. The number of hydrogen-bond donors (Lipinski definition) is 0. The molecule has 0 bridgehead atoms. The summed E-state index contributed by atoms with van der Waals surface area (Å²) in [5.74, 6) is 0.458. The molecule has 0 aliphatic rings. The van der Waals surface area contributed by atoms with Crippen molar-refractivity contribution in [2.75, 3.05) is 7.11 Å². The molecule has 0 heterocycles. The Morgan fingerprint density at radius 3 is 2.65 bits per heavy atom. The van der Waals surface area contributed by atoms with Crippen molar-refractivity contribution >= 4 is 11.6 Å². The van der Waals surface area contributed by atoms with Gasteiger partial charge in [-0.05, 0) is 29.8 Å². The Labute approximate surface area is 121 Å². The van der Waals surface area contributed by atoms with Crippen LogP contribution in [0.25, 0.3) is 0 Å². The fourth-order valence-corrected chi connectivity index (χ4v) is 1.76. The van der Waals surface area contributed by atoms with Gasteiger partial charge in [-0.15, -0.1) is 0 Å². The molecule has 0 amide bonds. The number of nitrogens with zero attached hydrogens (tertiary/aromatic N) is 1. The van der Waals surface area contributed by atoms with Crippen LogP contribution in [0.2, 0.25) is 5.02 Å². The molecule has 2 aromatic rings. The fraction of sp³-hybridized carbons (Fsp3) is 0.133. The van der Waals surface area contributed by atoms with Gasteiger partial charge in [-0.2, -0.15) is 5.26 Å². The minimum Gasteiger partial charge on any atom is -0.493 e. The summed E-state index contributed by atoms with van der Waals surface area (Å²) in [7, 11) is 1.49. The third-order valence-electron chi connectivity index (χ3n) is 2.67. The Morgan fingerprint density at radius 2 is 2.00 bits per heavy atom. The van der Waals surface area contributed by atoms with E-state index in [1.165, 1.54) is 19.2 Å². The number of benzene rings is 2. The summed E-state index contributed by atoms with van der Waals surface area (Å²) in [6.45, 7) is 0.177. The lowest BCUT2D eigenvalue weighted by Crippen LogP contribution is -1.98. The van der Waals surface area contributed by atoms with E-state index in [0.717, 1.165) is 0 Å². The van der Waals surface area contributed by atoms with Gasteiger partial charge in [-0.1, -0.05) is 17.7 Å². The Hall–Kier alpha value is -2.25. The van der Waals surface area contributed by atoms with Gasteiger partial charge in [0.1, 0.15) is 12.4 Å². The van der Waals surface area contributed by atoms with Gasteiger partial charge in [0.15, 0.2) is 11.5 Å². The van der Waals surface area contributed by atoms with Crippen molar-refractivity contribution in [2.24, 2.45) is 0 Å². The topological polar surface area (TPSA) is 42.2 Å². The molecule has 5 heteroatoms. The highest BCUT2D eigenvalue weighted by Crippen LogP contribution is 2.28. The lowest BCUT2D eigenvalue weighted by molar-refractivity contribution is 0.284. The molecule has 0 aromatic heterocycles. The maximum atomic E-state index is 13.3. The van der Waals surface area contributed by atoms with E-state index >= 15 is 0 Å². The van der Waals surface area contributed by atoms with Crippen molar-refractivity contribution in [1.29, 1.82) is 5.26 Å². The van der Waals surface area contributed by atoms with E-state index in [-0.39, 0.29) is 11.6 Å². The molecule has 102 valence electrons. The molecule has 0 unspecified atom stereocenters. The van der Waals surface area contributed by atoms with Crippen LogP contribution in [0.1, 0.15) is 11.1 Å². The first-order chi connectivity index (χ1) is 9.63.